The zero-order valence-corrected chi connectivity index (χ0v) is 17.6. The smallest absolute Gasteiger partial charge is 0.310 e. The second-order valence-electron chi connectivity index (χ2n) is 7.90. The number of imidazole rings is 1. The van der Waals surface area contributed by atoms with E-state index in [1.54, 1.807) is 17.5 Å². The van der Waals surface area contributed by atoms with Crippen LogP contribution in [0.4, 0.5) is 0 Å². The minimum atomic E-state index is -0.464. The number of aryl methyl sites for hydroxylation is 1. The number of carbonyl (C=O) groups is 2. The van der Waals surface area contributed by atoms with Crippen LogP contribution in [0.1, 0.15) is 39.0 Å². The Kier molecular flexibility index (Phi) is 5.19. The van der Waals surface area contributed by atoms with Gasteiger partial charge >= 0.3 is 5.97 Å². The van der Waals surface area contributed by atoms with E-state index >= 15 is 0 Å². The third-order valence-corrected chi connectivity index (χ3v) is 5.80. The van der Waals surface area contributed by atoms with Crippen LogP contribution in [0.3, 0.4) is 0 Å². The molecule has 2 heterocycles. The Morgan fingerprint density at radius 2 is 1.88 bits per heavy atom. The highest BCUT2D eigenvalue weighted by atomic mass is 16.6. The lowest BCUT2D eigenvalue weighted by Gasteiger charge is -2.22. The van der Waals surface area contributed by atoms with Gasteiger partial charge in [-0.15, -0.1) is 0 Å². The molecule has 2 aromatic carbocycles. The van der Waals surface area contributed by atoms with Crippen LogP contribution in [0.5, 0.6) is 5.75 Å². The van der Waals surface area contributed by atoms with Crippen LogP contribution in [0.25, 0.3) is 5.65 Å². The predicted octanol–water partition coefficient (Wildman–Crippen LogP) is 4.29. The van der Waals surface area contributed by atoms with Gasteiger partial charge in [0.2, 0.25) is 0 Å². The Balaban J connectivity index is 1.44. The number of hydrogen-bond donors (Lipinski definition) is 0. The number of benzene rings is 2. The van der Waals surface area contributed by atoms with Gasteiger partial charge < -0.3 is 9.47 Å². The number of fused-ring (bicyclic) bond motifs is 2. The first-order valence-corrected chi connectivity index (χ1v) is 10.5. The van der Waals surface area contributed by atoms with E-state index in [0.717, 1.165) is 23.0 Å². The molecule has 6 nitrogen and oxygen atoms in total. The molecule has 0 radical (unpaired) electrons. The van der Waals surface area contributed by atoms with Crippen molar-refractivity contribution in [2.75, 3.05) is 0 Å². The minimum Gasteiger partial charge on any atom is -0.478 e. The summed E-state index contributed by atoms with van der Waals surface area (Å²) >= 11 is 0. The van der Waals surface area contributed by atoms with Crippen LogP contribution in [-0.4, -0.2) is 27.7 Å². The fraction of sp³-hybridized carbons (Fsp3) is 0.192. The first kappa shape index (κ1) is 20.0. The van der Waals surface area contributed by atoms with Crippen LogP contribution in [0, 0.1) is 6.92 Å². The molecule has 0 amide bonds. The van der Waals surface area contributed by atoms with Crippen molar-refractivity contribution in [2.24, 2.45) is 0 Å². The number of carbonyl (C=O) groups excluding carboxylic acids is 2. The van der Waals surface area contributed by atoms with E-state index in [1.807, 2.05) is 66.7 Å². The molecular weight excluding hydrogens is 404 g/mol. The zero-order chi connectivity index (χ0) is 22.1. The van der Waals surface area contributed by atoms with Crippen LogP contribution in [-0.2, 0) is 22.4 Å². The second-order valence-corrected chi connectivity index (χ2v) is 7.90. The third kappa shape index (κ3) is 3.64. The van der Waals surface area contributed by atoms with Gasteiger partial charge in [-0.2, -0.15) is 0 Å². The highest BCUT2D eigenvalue weighted by molar-refractivity contribution is 5.77. The Morgan fingerprint density at radius 1 is 1.09 bits per heavy atom. The van der Waals surface area contributed by atoms with Gasteiger partial charge in [-0.1, -0.05) is 54.6 Å². The van der Waals surface area contributed by atoms with E-state index in [-0.39, 0.29) is 12.4 Å². The maximum atomic E-state index is 12.7. The molecule has 2 aromatic heterocycles. The monoisotopic (exact) mass is 426 g/mol. The molecule has 0 N–H and O–H groups in total. The van der Waals surface area contributed by atoms with Gasteiger partial charge in [0.15, 0.2) is 23.8 Å². The largest absolute Gasteiger partial charge is 0.478 e. The number of hydrogen-bond acceptors (Lipinski definition) is 5. The fourth-order valence-electron chi connectivity index (χ4n) is 4.28. The number of nitrogens with zero attached hydrogens (tertiary/aromatic N) is 2. The number of aldehydes is 1. The van der Waals surface area contributed by atoms with Crippen LogP contribution in [0.2, 0.25) is 0 Å². The Labute approximate surface area is 185 Å². The molecular formula is C26H22N2O4. The maximum absolute atomic E-state index is 12.7. The van der Waals surface area contributed by atoms with Crippen LogP contribution in [0.15, 0.2) is 72.9 Å². The SMILES string of the molecule is Cc1nc2c(O[C@@H]3c4ccccc4C[C@H]3OC(=O)Cc3ccccc3)cccn2c1C=O. The summed E-state index contributed by atoms with van der Waals surface area (Å²) in [5, 5.41) is 0. The summed E-state index contributed by atoms with van der Waals surface area (Å²) in [5.74, 6) is 0.246. The van der Waals surface area contributed by atoms with Crippen molar-refractivity contribution in [3.63, 3.8) is 0 Å². The summed E-state index contributed by atoms with van der Waals surface area (Å²) in [6.07, 6.45) is 2.44. The van der Waals surface area contributed by atoms with Crippen molar-refractivity contribution >= 4 is 17.9 Å². The summed E-state index contributed by atoms with van der Waals surface area (Å²) < 4.78 is 14.0. The van der Waals surface area contributed by atoms with Gasteiger partial charge in [-0.05, 0) is 35.7 Å². The molecule has 1 aliphatic carbocycles. The van der Waals surface area contributed by atoms with Gasteiger partial charge in [0.05, 0.1) is 12.1 Å². The number of esters is 1. The Morgan fingerprint density at radius 3 is 2.69 bits per heavy atom. The average molecular weight is 426 g/mol. The van der Waals surface area contributed by atoms with E-state index in [4.69, 9.17) is 9.47 Å². The van der Waals surface area contributed by atoms with Crippen molar-refractivity contribution in [2.45, 2.75) is 32.0 Å². The van der Waals surface area contributed by atoms with Crippen molar-refractivity contribution in [1.82, 2.24) is 9.38 Å². The molecule has 32 heavy (non-hydrogen) atoms. The molecule has 0 bridgehead atoms. The van der Waals surface area contributed by atoms with E-state index in [2.05, 4.69) is 4.98 Å². The molecule has 1 aliphatic rings. The van der Waals surface area contributed by atoms with Crippen LogP contribution < -0.4 is 4.74 Å². The van der Waals surface area contributed by atoms with Crippen molar-refractivity contribution in [3.05, 3.63) is 101 Å². The topological polar surface area (TPSA) is 69.9 Å². The summed E-state index contributed by atoms with van der Waals surface area (Å²) in [4.78, 5) is 28.7. The molecule has 0 saturated carbocycles. The van der Waals surface area contributed by atoms with Gasteiger partial charge in [0, 0.05) is 12.6 Å². The number of rotatable bonds is 6. The van der Waals surface area contributed by atoms with E-state index in [1.165, 1.54) is 0 Å². The van der Waals surface area contributed by atoms with Crippen molar-refractivity contribution in [3.8, 4) is 5.75 Å². The normalized spacial score (nSPS) is 17.2. The molecule has 0 unspecified atom stereocenters. The molecule has 0 aliphatic heterocycles. The summed E-state index contributed by atoms with van der Waals surface area (Å²) in [6, 6.07) is 21.1. The summed E-state index contributed by atoms with van der Waals surface area (Å²) in [7, 11) is 0. The second kappa shape index (κ2) is 8.30. The molecule has 0 saturated heterocycles. The molecule has 6 heteroatoms. The summed E-state index contributed by atoms with van der Waals surface area (Å²) in [6.45, 7) is 1.79. The predicted molar refractivity (Wildman–Crippen MR) is 119 cm³/mol. The number of pyridine rings is 1. The molecule has 5 rings (SSSR count). The van der Waals surface area contributed by atoms with Crippen LogP contribution >= 0.6 is 0 Å². The van der Waals surface area contributed by atoms with Gasteiger partial charge in [-0.25, -0.2) is 4.98 Å². The maximum Gasteiger partial charge on any atom is 0.310 e. The van der Waals surface area contributed by atoms with E-state index < -0.39 is 12.2 Å². The van der Waals surface area contributed by atoms with Gasteiger partial charge in [-0.3, -0.25) is 14.0 Å². The number of ether oxygens (including phenoxy) is 2. The highest BCUT2D eigenvalue weighted by Crippen LogP contribution is 2.38. The lowest BCUT2D eigenvalue weighted by Crippen LogP contribution is -2.27. The zero-order valence-electron chi connectivity index (χ0n) is 17.6. The lowest BCUT2D eigenvalue weighted by molar-refractivity contribution is -0.152. The van der Waals surface area contributed by atoms with Crippen molar-refractivity contribution in [1.29, 1.82) is 0 Å². The Hall–Kier alpha value is -3.93. The highest BCUT2D eigenvalue weighted by Gasteiger charge is 2.37. The number of aromatic nitrogens is 2. The molecule has 0 fully saturated rings. The fourth-order valence-corrected chi connectivity index (χ4v) is 4.28. The Bertz CT molecular complexity index is 1300. The van der Waals surface area contributed by atoms with E-state index in [0.29, 0.717) is 29.2 Å². The standard InChI is InChI=1S/C26H22N2O4/c1-17-21(16-29)28-13-7-12-22(26(28)27-17)32-25-20-11-6-5-10-19(20)15-23(25)31-24(30)14-18-8-3-2-4-9-18/h2-13,16,23,25H,14-15H2,1H3/t23-,25-/m1/s1. The quantitative estimate of drug-likeness (QED) is 0.340. The molecule has 2 atom stereocenters. The minimum absolute atomic E-state index is 0.206. The molecule has 0 spiro atoms. The van der Waals surface area contributed by atoms with Gasteiger partial charge in [0.1, 0.15) is 11.8 Å². The van der Waals surface area contributed by atoms with E-state index in [9.17, 15) is 9.59 Å². The lowest BCUT2D eigenvalue weighted by atomic mass is 10.1. The molecule has 160 valence electrons. The summed E-state index contributed by atoms with van der Waals surface area (Å²) in [5.41, 5.74) is 4.67. The van der Waals surface area contributed by atoms with Crippen molar-refractivity contribution < 1.29 is 19.1 Å². The first-order chi connectivity index (χ1) is 15.6. The average Bonchev–Trinajstić information content (AvgIpc) is 3.31. The van der Waals surface area contributed by atoms with Gasteiger partial charge in [0.25, 0.3) is 0 Å². The third-order valence-electron chi connectivity index (χ3n) is 5.80. The molecule has 4 aromatic rings. The first-order valence-electron chi connectivity index (χ1n) is 10.5.